The first-order chi connectivity index (χ1) is 9.02. The van der Waals surface area contributed by atoms with Gasteiger partial charge in [-0.2, -0.15) is 0 Å². The highest BCUT2D eigenvalue weighted by Gasteiger charge is 2.27. The van der Waals surface area contributed by atoms with Crippen LogP contribution in [0, 0.1) is 3.57 Å². The Hall–Kier alpha value is -0.820. The number of nitrogens with zero attached hydrogens (tertiary/aromatic N) is 2. The van der Waals surface area contributed by atoms with Gasteiger partial charge in [-0.05, 0) is 54.3 Å². The second kappa shape index (κ2) is 6.09. The molecule has 0 radical (unpaired) electrons. The molecule has 104 valence electrons. The van der Waals surface area contributed by atoms with Crippen molar-refractivity contribution in [1.82, 2.24) is 9.80 Å². The summed E-state index contributed by atoms with van der Waals surface area (Å²) in [5.74, 6) is -0.00499. The number of rotatable bonds is 2. The number of likely N-dealkylation sites (N-methyl/N-ethyl adjacent to an activating group) is 1. The molecule has 1 unspecified atom stereocenters. The fourth-order valence-corrected chi connectivity index (χ4v) is 2.99. The van der Waals surface area contributed by atoms with Crippen LogP contribution in [0.15, 0.2) is 18.2 Å². The van der Waals surface area contributed by atoms with Crippen molar-refractivity contribution in [3.8, 4) is 5.75 Å². The minimum Gasteiger partial charge on any atom is -0.507 e. The van der Waals surface area contributed by atoms with Gasteiger partial charge in [0.05, 0.1) is 5.56 Å². The third-order valence-electron chi connectivity index (χ3n) is 3.65. The molecule has 1 N–H and O–H groups in total. The second-order valence-corrected chi connectivity index (χ2v) is 6.14. The van der Waals surface area contributed by atoms with E-state index in [1.165, 1.54) is 0 Å². The van der Waals surface area contributed by atoms with Crippen LogP contribution >= 0.6 is 22.6 Å². The van der Waals surface area contributed by atoms with Gasteiger partial charge in [0, 0.05) is 29.2 Å². The van der Waals surface area contributed by atoms with Crippen LogP contribution in [-0.2, 0) is 0 Å². The Morgan fingerprint density at radius 3 is 2.84 bits per heavy atom. The van der Waals surface area contributed by atoms with Gasteiger partial charge in [-0.3, -0.25) is 9.69 Å². The topological polar surface area (TPSA) is 43.8 Å². The highest BCUT2D eigenvalue weighted by molar-refractivity contribution is 14.1. The Bertz CT molecular complexity index is 479. The van der Waals surface area contributed by atoms with Crippen molar-refractivity contribution >= 4 is 28.5 Å². The standard InChI is InChI=1S/C14H19IN2O2/c1-3-16-6-7-17(9-10(16)2)14(19)12-8-11(15)4-5-13(12)18/h4-5,8,10,18H,3,6-7,9H2,1-2H3. The highest BCUT2D eigenvalue weighted by atomic mass is 127. The maximum atomic E-state index is 12.5. The van der Waals surface area contributed by atoms with E-state index >= 15 is 0 Å². The molecule has 4 nitrogen and oxygen atoms in total. The molecule has 0 aromatic heterocycles. The lowest BCUT2D eigenvalue weighted by Gasteiger charge is -2.39. The molecule has 5 heteroatoms. The minimum absolute atomic E-state index is 0.0657. The van der Waals surface area contributed by atoms with Gasteiger partial charge in [0.1, 0.15) is 5.75 Å². The predicted octanol–water partition coefficient (Wildman–Crippen LogP) is 2.16. The molecule has 1 saturated heterocycles. The molecule has 1 heterocycles. The van der Waals surface area contributed by atoms with Crippen LogP contribution in [0.25, 0.3) is 0 Å². The summed E-state index contributed by atoms with van der Waals surface area (Å²) >= 11 is 2.15. The second-order valence-electron chi connectivity index (χ2n) is 4.89. The normalized spacial score (nSPS) is 20.6. The average Bonchev–Trinajstić information content (AvgIpc) is 2.40. The van der Waals surface area contributed by atoms with E-state index in [2.05, 4.69) is 41.3 Å². The fourth-order valence-electron chi connectivity index (χ4n) is 2.50. The number of hydrogen-bond donors (Lipinski definition) is 1. The maximum Gasteiger partial charge on any atom is 0.257 e. The SMILES string of the molecule is CCN1CCN(C(=O)c2cc(I)ccc2O)CC1C. The lowest BCUT2D eigenvalue weighted by atomic mass is 10.1. The Kier molecular flexibility index (Phi) is 4.67. The zero-order chi connectivity index (χ0) is 14.0. The molecule has 0 bridgehead atoms. The number of hydrogen-bond acceptors (Lipinski definition) is 3. The third kappa shape index (κ3) is 3.20. The Balaban J connectivity index is 2.14. The molecule has 1 fully saturated rings. The molecule has 1 amide bonds. The number of phenols is 1. The molecule has 1 aliphatic heterocycles. The molecule has 1 atom stereocenters. The van der Waals surface area contributed by atoms with E-state index in [-0.39, 0.29) is 11.7 Å². The first kappa shape index (κ1) is 14.6. The molecular formula is C14H19IN2O2. The van der Waals surface area contributed by atoms with Crippen LogP contribution < -0.4 is 0 Å². The average molecular weight is 374 g/mol. The van der Waals surface area contributed by atoms with E-state index < -0.39 is 0 Å². The Morgan fingerprint density at radius 1 is 1.47 bits per heavy atom. The van der Waals surface area contributed by atoms with Crippen molar-refractivity contribution in [1.29, 1.82) is 0 Å². The van der Waals surface area contributed by atoms with Crippen molar-refractivity contribution in [2.45, 2.75) is 19.9 Å². The summed E-state index contributed by atoms with van der Waals surface area (Å²) in [4.78, 5) is 16.7. The Morgan fingerprint density at radius 2 is 2.21 bits per heavy atom. The Labute approximate surface area is 127 Å². The van der Waals surface area contributed by atoms with Crippen molar-refractivity contribution in [2.75, 3.05) is 26.2 Å². The van der Waals surface area contributed by atoms with E-state index in [1.807, 2.05) is 4.90 Å². The third-order valence-corrected chi connectivity index (χ3v) is 4.32. The molecule has 1 aromatic carbocycles. The van der Waals surface area contributed by atoms with E-state index in [1.54, 1.807) is 18.2 Å². The molecule has 1 aliphatic rings. The van der Waals surface area contributed by atoms with E-state index in [9.17, 15) is 9.90 Å². The van der Waals surface area contributed by atoms with Gasteiger partial charge in [-0.25, -0.2) is 0 Å². The summed E-state index contributed by atoms with van der Waals surface area (Å²) in [6.45, 7) is 7.63. The summed E-state index contributed by atoms with van der Waals surface area (Å²) in [7, 11) is 0. The molecule has 19 heavy (non-hydrogen) atoms. The van der Waals surface area contributed by atoms with Crippen molar-refractivity contribution < 1.29 is 9.90 Å². The predicted molar refractivity (Wildman–Crippen MR) is 83.4 cm³/mol. The van der Waals surface area contributed by atoms with Crippen LogP contribution in [0.5, 0.6) is 5.75 Å². The fraction of sp³-hybridized carbons (Fsp3) is 0.500. The first-order valence-electron chi connectivity index (χ1n) is 6.54. The summed E-state index contributed by atoms with van der Waals surface area (Å²) in [6, 6.07) is 5.49. The minimum atomic E-state index is -0.0707. The monoisotopic (exact) mass is 374 g/mol. The van der Waals surface area contributed by atoms with Gasteiger partial charge in [-0.15, -0.1) is 0 Å². The number of amides is 1. The first-order valence-corrected chi connectivity index (χ1v) is 7.62. The molecule has 0 aliphatic carbocycles. The largest absolute Gasteiger partial charge is 0.507 e. The highest BCUT2D eigenvalue weighted by Crippen LogP contribution is 2.22. The number of carbonyl (C=O) groups is 1. The van der Waals surface area contributed by atoms with Crippen molar-refractivity contribution in [3.05, 3.63) is 27.3 Å². The van der Waals surface area contributed by atoms with Gasteiger partial charge >= 0.3 is 0 Å². The van der Waals surface area contributed by atoms with E-state index in [0.29, 0.717) is 11.6 Å². The summed E-state index contributed by atoms with van der Waals surface area (Å²) in [6.07, 6.45) is 0. The van der Waals surface area contributed by atoms with Gasteiger partial charge in [0.2, 0.25) is 0 Å². The molecule has 1 aromatic rings. The lowest BCUT2D eigenvalue weighted by Crippen LogP contribution is -2.53. The summed E-state index contributed by atoms with van der Waals surface area (Å²) < 4.78 is 0.957. The van der Waals surface area contributed by atoms with E-state index in [4.69, 9.17) is 0 Å². The van der Waals surface area contributed by atoms with Gasteiger partial charge in [-0.1, -0.05) is 6.92 Å². The van der Waals surface area contributed by atoms with Gasteiger partial charge in [0.15, 0.2) is 0 Å². The number of halogens is 1. The smallest absolute Gasteiger partial charge is 0.257 e. The van der Waals surface area contributed by atoms with Crippen LogP contribution in [0.3, 0.4) is 0 Å². The lowest BCUT2D eigenvalue weighted by molar-refractivity contribution is 0.0525. The number of piperazine rings is 1. The number of phenolic OH excluding ortho intramolecular Hbond substituents is 1. The van der Waals surface area contributed by atoms with Crippen molar-refractivity contribution in [3.63, 3.8) is 0 Å². The molecule has 2 rings (SSSR count). The zero-order valence-corrected chi connectivity index (χ0v) is 13.4. The quantitative estimate of drug-likeness (QED) is 0.807. The number of aromatic hydroxyl groups is 1. The van der Waals surface area contributed by atoms with Gasteiger partial charge < -0.3 is 10.0 Å². The molecule has 0 saturated carbocycles. The zero-order valence-electron chi connectivity index (χ0n) is 11.3. The van der Waals surface area contributed by atoms with E-state index in [0.717, 1.165) is 29.7 Å². The molecule has 0 spiro atoms. The van der Waals surface area contributed by atoms with Crippen LogP contribution in [-0.4, -0.2) is 53.0 Å². The number of benzene rings is 1. The maximum absolute atomic E-state index is 12.5. The van der Waals surface area contributed by atoms with Gasteiger partial charge in [0.25, 0.3) is 5.91 Å². The summed E-state index contributed by atoms with van der Waals surface area (Å²) in [5.41, 5.74) is 0.407. The summed E-state index contributed by atoms with van der Waals surface area (Å²) in [5, 5.41) is 9.84. The van der Waals surface area contributed by atoms with Crippen LogP contribution in [0.2, 0.25) is 0 Å². The van der Waals surface area contributed by atoms with Crippen LogP contribution in [0.4, 0.5) is 0 Å². The number of carbonyl (C=O) groups excluding carboxylic acids is 1. The molecular weight excluding hydrogens is 355 g/mol. The van der Waals surface area contributed by atoms with Crippen LogP contribution in [0.1, 0.15) is 24.2 Å². The van der Waals surface area contributed by atoms with Crippen molar-refractivity contribution in [2.24, 2.45) is 0 Å².